The molecule has 3 aliphatic rings. The van der Waals surface area contributed by atoms with Gasteiger partial charge in [-0.1, -0.05) is 0 Å². The molecule has 5 heterocycles. The van der Waals surface area contributed by atoms with Gasteiger partial charge in [-0.2, -0.15) is 0 Å². The molecule has 2 aromatic heterocycles. The lowest BCUT2D eigenvalue weighted by Gasteiger charge is -2.35. The fourth-order valence-corrected chi connectivity index (χ4v) is 4.94. The molecular weight excluding hydrogens is 430 g/mol. The van der Waals surface area contributed by atoms with Gasteiger partial charge >= 0.3 is 6.03 Å². The number of fused-ring (bicyclic) bond motifs is 3. The van der Waals surface area contributed by atoms with Crippen LogP contribution in [0.2, 0.25) is 0 Å². The first kappa shape index (κ1) is 21.0. The molecule has 9 heteroatoms. The molecule has 3 aromatic rings. The molecule has 2 unspecified atom stereocenters. The molecule has 3 aliphatic heterocycles. The summed E-state index contributed by atoms with van der Waals surface area (Å²) in [7, 11) is 0. The summed E-state index contributed by atoms with van der Waals surface area (Å²) in [5, 5.41) is 9.09. The summed E-state index contributed by atoms with van der Waals surface area (Å²) >= 11 is 0. The summed E-state index contributed by atoms with van der Waals surface area (Å²) in [4.78, 5) is 28.6. The highest BCUT2D eigenvalue weighted by Gasteiger charge is 2.36. The summed E-state index contributed by atoms with van der Waals surface area (Å²) < 4.78 is 6.05. The number of nitrogens with one attached hydrogen (secondary N) is 3. The minimum atomic E-state index is -0.317. The van der Waals surface area contributed by atoms with Crippen molar-refractivity contribution in [1.29, 1.82) is 0 Å². The van der Waals surface area contributed by atoms with E-state index in [4.69, 9.17) is 14.7 Å². The van der Waals surface area contributed by atoms with E-state index in [0.717, 1.165) is 68.3 Å². The number of aromatic nitrogens is 3. The number of carbonyl (C=O) groups is 1. The largest absolute Gasteiger partial charge is 0.371 e. The Kier molecular flexibility index (Phi) is 5.56. The van der Waals surface area contributed by atoms with E-state index in [1.54, 1.807) is 24.5 Å². The molecule has 2 atom stereocenters. The average Bonchev–Trinajstić information content (AvgIpc) is 3.21. The molecule has 34 heavy (non-hydrogen) atoms. The fraction of sp³-hybridized carbons (Fsp3) is 0.360. The van der Waals surface area contributed by atoms with Crippen molar-refractivity contribution >= 4 is 23.2 Å². The summed E-state index contributed by atoms with van der Waals surface area (Å²) in [6.45, 7) is 3.49. The Morgan fingerprint density at radius 2 is 1.82 bits per heavy atom. The molecule has 1 aromatic carbocycles. The van der Waals surface area contributed by atoms with Gasteiger partial charge < -0.3 is 25.6 Å². The third-order valence-electron chi connectivity index (χ3n) is 6.57. The Bertz CT molecular complexity index is 1170. The zero-order valence-electron chi connectivity index (χ0n) is 18.8. The Morgan fingerprint density at radius 1 is 1.03 bits per heavy atom. The van der Waals surface area contributed by atoms with Crippen molar-refractivity contribution in [2.24, 2.45) is 0 Å². The lowest BCUT2D eigenvalue weighted by atomic mass is 10.1. The molecule has 6 rings (SSSR count). The third-order valence-corrected chi connectivity index (χ3v) is 6.57. The zero-order chi connectivity index (χ0) is 22.9. The SMILES string of the molecule is O=C(Nc1ccc(-c2nc3c(c(N4CC5CCC(C4)O5)n2)CNCC3)cc1)Nc1cccnc1. The van der Waals surface area contributed by atoms with E-state index < -0.39 is 0 Å². The van der Waals surface area contributed by atoms with E-state index in [-0.39, 0.29) is 6.03 Å². The lowest BCUT2D eigenvalue weighted by molar-refractivity contribution is 0.0301. The maximum absolute atomic E-state index is 12.3. The summed E-state index contributed by atoms with van der Waals surface area (Å²) in [5.74, 6) is 1.76. The van der Waals surface area contributed by atoms with E-state index >= 15 is 0 Å². The van der Waals surface area contributed by atoms with Gasteiger partial charge in [-0.25, -0.2) is 14.8 Å². The summed E-state index contributed by atoms with van der Waals surface area (Å²) in [5.41, 5.74) is 4.59. The molecular formula is C25H27N7O2. The maximum atomic E-state index is 12.3. The second-order valence-corrected chi connectivity index (χ2v) is 8.98. The topological polar surface area (TPSA) is 104 Å². The second-order valence-electron chi connectivity index (χ2n) is 8.98. The van der Waals surface area contributed by atoms with E-state index in [1.807, 2.05) is 24.3 Å². The van der Waals surface area contributed by atoms with Crippen LogP contribution in [0.1, 0.15) is 24.1 Å². The lowest BCUT2D eigenvalue weighted by Crippen LogP contribution is -2.44. The van der Waals surface area contributed by atoms with Gasteiger partial charge in [0.05, 0.1) is 29.8 Å². The van der Waals surface area contributed by atoms with Crippen molar-refractivity contribution in [3.05, 3.63) is 60.0 Å². The van der Waals surface area contributed by atoms with Crippen molar-refractivity contribution in [2.45, 2.75) is 38.0 Å². The number of ether oxygens (including phenoxy) is 1. The molecule has 0 saturated carbocycles. The highest BCUT2D eigenvalue weighted by Crippen LogP contribution is 2.33. The first-order valence-corrected chi connectivity index (χ1v) is 11.8. The molecule has 3 N–H and O–H groups in total. The van der Waals surface area contributed by atoms with Crippen molar-refractivity contribution < 1.29 is 9.53 Å². The zero-order valence-corrected chi connectivity index (χ0v) is 18.8. The van der Waals surface area contributed by atoms with Gasteiger partial charge in [0.15, 0.2) is 5.82 Å². The van der Waals surface area contributed by atoms with Gasteiger partial charge in [0.25, 0.3) is 0 Å². The number of amides is 2. The quantitative estimate of drug-likeness (QED) is 0.553. The molecule has 2 fully saturated rings. The van der Waals surface area contributed by atoms with Crippen LogP contribution in [-0.2, 0) is 17.7 Å². The number of nitrogens with zero attached hydrogens (tertiary/aromatic N) is 4. The van der Waals surface area contributed by atoms with Crippen LogP contribution < -0.4 is 20.9 Å². The summed E-state index contributed by atoms with van der Waals surface area (Å²) in [6, 6.07) is 10.9. The Balaban J connectivity index is 1.23. The Labute approximate surface area is 198 Å². The number of hydrogen-bond acceptors (Lipinski definition) is 7. The van der Waals surface area contributed by atoms with Crippen LogP contribution in [0, 0.1) is 0 Å². The van der Waals surface area contributed by atoms with Gasteiger partial charge in [-0.15, -0.1) is 0 Å². The van der Waals surface area contributed by atoms with Crippen LogP contribution in [-0.4, -0.2) is 52.8 Å². The second kappa shape index (κ2) is 9.00. The molecule has 2 bridgehead atoms. The standard InChI is InChI=1S/C25H27N7O2/c33-25(29-18-2-1-10-26-12-18)28-17-5-3-16(4-6-17)23-30-22-9-11-27-13-21(22)24(31-23)32-14-19-7-8-20(15-32)34-19/h1-6,10,12,19-20,27H,7-9,11,13-15H2,(H2,28,29,33). The first-order chi connectivity index (χ1) is 16.7. The monoisotopic (exact) mass is 457 g/mol. The average molecular weight is 458 g/mol. The molecule has 2 saturated heterocycles. The van der Waals surface area contributed by atoms with Crippen LogP contribution in [0.25, 0.3) is 11.4 Å². The van der Waals surface area contributed by atoms with E-state index in [2.05, 4.69) is 25.8 Å². The first-order valence-electron chi connectivity index (χ1n) is 11.8. The predicted molar refractivity (Wildman–Crippen MR) is 130 cm³/mol. The Morgan fingerprint density at radius 3 is 2.59 bits per heavy atom. The maximum Gasteiger partial charge on any atom is 0.323 e. The van der Waals surface area contributed by atoms with Crippen LogP contribution in [0.3, 0.4) is 0 Å². The number of urea groups is 1. The van der Waals surface area contributed by atoms with Crippen LogP contribution in [0.15, 0.2) is 48.8 Å². The van der Waals surface area contributed by atoms with Gasteiger partial charge in [-0.3, -0.25) is 4.98 Å². The van der Waals surface area contributed by atoms with Crippen LogP contribution in [0.5, 0.6) is 0 Å². The van der Waals surface area contributed by atoms with E-state index in [9.17, 15) is 4.79 Å². The molecule has 174 valence electrons. The highest BCUT2D eigenvalue weighted by molar-refractivity contribution is 5.99. The molecule has 0 spiro atoms. The van der Waals surface area contributed by atoms with Crippen molar-refractivity contribution in [2.75, 3.05) is 35.2 Å². The van der Waals surface area contributed by atoms with Gasteiger partial charge in [0.1, 0.15) is 5.82 Å². The Hall–Kier alpha value is -3.56. The fourth-order valence-electron chi connectivity index (χ4n) is 4.94. The predicted octanol–water partition coefficient (Wildman–Crippen LogP) is 3.20. The van der Waals surface area contributed by atoms with E-state index in [1.165, 1.54) is 5.56 Å². The van der Waals surface area contributed by atoms with Gasteiger partial charge in [0, 0.05) is 55.6 Å². The molecule has 0 aliphatic carbocycles. The number of anilines is 3. The van der Waals surface area contributed by atoms with E-state index in [0.29, 0.717) is 23.6 Å². The normalized spacial score (nSPS) is 21.1. The van der Waals surface area contributed by atoms with Gasteiger partial charge in [-0.05, 0) is 49.2 Å². The summed E-state index contributed by atoms with van der Waals surface area (Å²) in [6.07, 6.45) is 7.01. The molecule has 2 amide bonds. The number of hydrogen-bond donors (Lipinski definition) is 3. The van der Waals surface area contributed by atoms with Crippen LogP contribution in [0.4, 0.5) is 22.0 Å². The van der Waals surface area contributed by atoms with Crippen LogP contribution >= 0.6 is 0 Å². The number of pyridine rings is 1. The van der Waals surface area contributed by atoms with Crippen molar-refractivity contribution in [3.63, 3.8) is 0 Å². The minimum absolute atomic E-state index is 0.299. The highest BCUT2D eigenvalue weighted by atomic mass is 16.5. The number of morpholine rings is 1. The number of carbonyl (C=O) groups excluding carboxylic acids is 1. The van der Waals surface area contributed by atoms with Crippen molar-refractivity contribution in [1.82, 2.24) is 20.3 Å². The third kappa shape index (κ3) is 4.32. The smallest absolute Gasteiger partial charge is 0.323 e. The number of benzene rings is 1. The van der Waals surface area contributed by atoms with Gasteiger partial charge in [0.2, 0.25) is 0 Å². The minimum Gasteiger partial charge on any atom is -0.371 e. The van der Waals surface area contributed by atoms with Crippen molar-refractivity contribution in [3.8, 4) is 11.4 Å². The number of rotatable bonds is 4. The molecule has 0 radical (unpaired) electrons. The molecule has 9 nitrogen and oxygen atoms in total.